The maximum absolute atomic E-state index is 13.3. The second kappa shape index (κ2) is 14.2. The van der Waals surface area contributed by atoms with Crippen LogP contribution in [0.1, 0.15) is 21.5 Å². The van der Waals surface area contributed by atoms with Crippen molar-refractivity contribution in [2.24, 2.45) is 0 Å². The number of carbonyl (C=O) groups excluding carboxylic acids is 1. The zero-order valence-electron chi connectivity index (χ0n) is 22.9. The molecule has 0 bridgehead atoms. The summed E-state index contributed by atoms with van der Waals surface area (Å²) in [5.41, 5.74) is 3.76. The van der Waals surface area contributed by atoms with Gasteiger partial charge in [-0.15, -0.1) is 0 Å². The van der Waals surface area contributed by atoms with Gasteiger partial charge in [0.15, 0.2) is 0 Å². The van der Waals surface area contributed by atoms with Gasteiger partial charge in [-0.05, 0) is 65.2 Å². The molecule has 0 aliphatic carbocycles. The fourth-order valence-electron chi connectivity index (χ4n) is 4.45. The van der Waals surface area contributed by atoms with Crippen molar-refractivity contribution in [3.8, 4) is 28.4 Å². The van der Waals surface area contributed by atoms with Gasteiger partial charge < -0.3 is 19.9 Å². The molecule has 8 heteroatoms. The molecule has 0 radical (unpaired) electrons. The molecule has 0 saturated carbocycles. The van der Waals surface area contributed by atoms with Crippen LogP contribution in [0.25, 0.3) is 11.1 Å². The summed E-state index contributed by atoms with van der Waals surface area (Å²) in [4.78, 5) is 25.5. The highest BCUT2D eigenvalue weighted by Gasteiger charge is 2.23. The standard InChI is InChI=1S/C35H27Br2NO5/c36-26-16-12-24(13-17-26)22-42-32-19-18-27(37)21-30(32)34(39)38-31(35(40)41)20-23-10-14-25(15-11-23)29-8-4-5-9-33(29)43-28-6-2-1-3-7-28/h1-19,21,31H,20,22H2,(H,38,39)(H,40,41)/t31-/m0/s1. The van der Waals surface area contributed by atoms with Crippen LogP contribution < -0.4 is 14.8 Å². The molecule has 43 heavy (non-hydrogen) atoms. The molecule has 0 saturated heterocycles. The van der Waals surface area contributed by atoms with Crippen molar-refractivity contribution in [1.29, 1.82) is 0 Å². The lowest BCUT2D eigenvalue weighted by Crippen LogP contribution is -2.42. The van der Waals surface area contributed by atoms with Crippen molar-refractivity contribution in [3.63, 3.8) is 0 Å². The van der Waals surface area contributed by atoms with Crippen molar-refractivity contribution in [2.75, 3.05) is 0 Å². The number of para-hydroxylation sites is 2. The van der Waals surface area contributed by atoms with Crippen molar-refractivity contribution >= 4 is 43.7 Å². The first-order chi connectivity index (χ1) is 20.9. The number of aliphatic carboxylic acids is 1. The van der Waals surface area contributed by atoms with Gasteiger partial charge in [0.1, 0.15) is 29.9 Å². The molecular weight excluding hydrogens is 674 g/mol. The van der Waals surface area contributed by atoms with Crippen LogP contribution in [-0.4, -0.2) is 23.0 Å². The van der Waals surface area contributed by atoms with E-state index in [1.54, 1.807) is 18.2 Å². The second-order valence-corrected chi connectivity index (χ2v) is 11.6. The first-order valence-electron chi connectivity index (χ1n) is 13.5. The molecule has 5 aromatic rings. The normalized spacial score (nSPS) is 11.4. The molecule has 1 amide bonds. The zero-order chi connectivity index (χ0) is 30.2. The largest absolute Gasteiger partial charge is 0.488 e. The Morgan fingerprint density at radius 3 is 2.09 bits per heavy atom. The lowest BCUT2D eigenvalue weighted by atomic mass is 9.99. The molecule has 0 fully saturated rings. The molecule has 216 valence electrons. The van der Waals surface area contributed by atoms with Crippen molar-refractivity contribution in [1.82, 2.24) is 5.32 Å². The minimum atomic E-state index is -1.15. The van der Waals surface area contributed by atoms with Crippen molar-refractivity contribution in [2.45, 2.75) is 19.1 Å². The third kappa shape index (κ3) is 8.12. The second-order valence-electron chi connectivity index (χ2n) is 9.73. The van der Waals surface area contributed by atoms with Gasteiger partial charge in [-0.25, -0.2) is 4.79 Å². The molecular formula is C35H27Br2NO5. The predicted octanol–water partition coefficient (Wildman–Crippen LogP) is 8.68. The summed E-state index contributed by atoms with van der Waals surface area (Å²) in [5.74, 6) is 0.131. The van der Waals surface area contributed by atoms with Gasteiger partial charge in [0, 0.05) is 20.9 Å². The van der Waals surface area contributed by atoms with E-state index >= 15 is 0 Å². The summed E-state index contributed by atoms with van der Waals surface area (Å²) in [6, 6.07) is 36.5. The summed E-state index contributed by atoms with van der Waals surface area (Å²) >= 11 is 6.82. The smallest absolute Gasteiger partial charge is 0.326 e. The predicted molar refractivity (Wildman–Crippen MR) is 174 cm³/mol. The van der Waals surface area contributed by atoms with Crippen molar-refractivity contribution in [3.05, 3.63) is 147 Å². The summed E-state index contributed by atoms with van der Waals surface area (Å²) in [6.07, 6.45) is 0.104. The Bertz CT molecular complexity index is 1710. The number of benzene rings is 5. The summed E-state index contributed by atoms with van der Waals surface area (Å²) in [6.45, 7) is 0.253. The summed E-state index contributed by atoms with van der Waals surface area (Å²) < 4.78 is 13.7. The van der Waals surface area contributed by atoms with Crippen LogP contribution in [0, 0.1) is 0 Å². The van der Waals surface area contributed by atoms with E-state index in [9.17, 15) is 14.7 Å². The van der Waals surface area contributed by atoms with Gasteiger partial charge in [-0.1, -0.05) is 105 Å². The van der Waals surface area contributed by atoms with Crippen molar-refractivity contribution < 1.29 is 24.2 Å². The Kier molecular flexibility index (Phi) is 9.92. The maximum atomic E-state index is 13.3. The Hall–Kier alpha value is -4.40. The van der Waals surface area contributed by atoms with Crippen LogP contribution in [0.3, 0.4) is 0 Å². The number of carbonyl (C=O) groups is 2. The number of nitrogens with one attached hydrogen (secondary N) is 1. The minimum Gasteiger partial charge on any atom is -0.488 e. The topological polar surface area (TPSA) is 84.9 Å². The molecule has 0 spiro atoms. The van der Waals surface area contributed by atoms with Gasteiger partial charge >= 0.3 is 5.97 Å². The quantitative estimate of drug-likeness (QED) is 0.144. The Morgan fingerprint density at radius 1 is 0.721 bits per heavy atom. The summed E-state index contributed by atoms with van der Waals surface area (Å²) in [7, 11) is 0. The lowest BCUT2D eigenvalue weighted by Gasteiger charge is -2.17. The van der Waals surface area contributed by atoms with Gasteiger partial charge in [-0.2, -0.15) is 0 Å². The molecule has 0 unspecified atom stereocenters. The summed E-state index contributed by atoms with van der Waals surface area (Å²) in [5, 5.41) is 12.6. The highest BCUT2D eigenvalue weighted by Crippen LogP contribution is 2.33. The Morgan fingerprint density at radius 2 is 1.37 bits per heavy atom. The Balaban J connectivity index is 1.28. The number of hydrogen-bond acceptors (Lipinski definition) is 4. The van der Waals surface area contributed by atoms with Crippen LogP contribution >= 0.6 is 31.9 Å². The molecule has 0 aliphatic rings. The van der Waals surface area contributed by atoms with E-state index in [0.29, 0.717) is 16.0 Å². The highest BCUT2D eigenvalue weighted by atomic mass is 79.9. The molecule has 6 nitrogen and oxygen atoms in total. The van der Waals surface area contributed by atoms with Crippen LogP contribution in [0.2, 0.25) is 0 Å². The van der Waals surface area contributed by atoms with E-state index in [1.807, 2.05) is 103 Å². The molecule has 1 atom stereocenters. The fraction of sp³-hybridized carbons (Fsp3) is 0.0857. The van der Waals surface area contributed by atoms with Crippen LogP contribution in [-0.2, 0) is 17.8 Å². The molecule has 5 aromatic carbocycles. The number of ether oxygens (including phenoxy) is 2. The fourth-order valence-corrected chi connectivity index (χ4v) is 5.07. The molecule has 0 aromatic heterocycles. The number of carboxylic acids is 1. The molecule has 2 N–H and O–H groups in total. The van der Waals surface area contributed by atoms with E-state index in [2.05, 4.69) is 37.2 Å². The number of carboxylic acid groups (broad SMARTS) is 1. The highest BCUT2D eigenvalue weighted by molar-refractivity contribution is 9.10. The van der Waals surface area contributed by atoms with Crippen LogP contribution in [0.5, 0.6) is 17.2 Å². The third-order valence-electron chi connectivity index (χ3n) is 6.66. The van der Waals surface area contributed by atoms with E-state index in [-0.39, 0.29) is 18.6 Å². The van der Waals surface area contributed by atoms with Gasteiger partial charge in [0.25, 0.3) is 5.91 Å². The van der Waals surface area contributed by atoms with E-state index < -0.39 is 17.9 Å². The van der Waals surface area contributed by atoms with E-state index in [1.165, 1.54) is 0 Å². The average molecular weight is 701 g/mol. The third-order valence-corrected chi connectivity index (χ3v) is 7.68. The van der Waals surface area contributed by atoms with E-state index in [0.717, 1.165) is 32.5 Å². The first kappa shape index (κ1) is 30.1. The zero-order valence-corrected chi connectivity index (χ0v) is 26.0. The van der Waals surface area contributed by atoms with Gasteiger partial charge in [0.2, 0.25) is 0 Å². The minimum absolute atomic E-state index is 0.104. The Labute approximate surface area is 266 Å². The van der Waals surface area contributed by atoms with Gasteiger partial charge in [0.05, 0.1) is 5.56 Å². The first-order valence-corrected chi connectivity index (χ1v) is 15.1. The number of amides is 1. The molecule has 5 rings (SSSR count). The van der Waals surface area contributed by atoms with Crippen LogP contribution in [0.15, 0.2) is 130 Å². The molecule has 0 heterocycles. The molecule has 0 aliphatic heterocycles. The average Bonchev–Trinajstić information content (AvgIpc) is 3.02. The lowest BCUT2D eigenvalue weighted by molar-refractivity contribution is -0.139. The van der Waals surface area contributed by atoms with E-state index in [4.69, 9.17) is 9.47 Å². The van der Waals surface area contributed by atoms with Gasteiger partial charge in [-0.3, -0.25) is 4.79 Å². The number of hydrogen-bond donors (Lipinski definition) is 2. The maximum Gasteiger partial charge on any atom is 0.326 e. The SMILES string of the molecule is O=C(N[C@@H](Cc1ccc(-c2ccccc2Oc2ccccc2)cc1)C(=O)O)c1cc(Br)ccc1OCc1ccc(Br)cc1. The number of halogens is 2. The number of rotatable bonds is 11. The van der Waals surface area contributed by atoms with Crippen LogP contribution in [0.4, 0.5) is 0 Å². The monoisotopic (exact) mass is 699 g/mol.